The third-order valence-corrected chi connectivity index (χ3v) is 5.94. The van der Waals surface area contributed by atoms with E-state index in [-0.39, 0.29) is 18.7 Å². The number of carbonyl (C=O) groups is 1. The van der Waals surface area contributed by atoms with Crippen molar-refractivity contribution in [2.45, 2.75) is 32.2 Å². The van der Waals surface area contributed by atoms with E-state index in [4.69, 9.17) is 14.9 Å². The molecule has 2 aromatic carbocycles. The number of rotatable bonds is 6. The van der Waals surface area contributed by atoms with Gasteiger partial charge in [-0.2, -0.15) is 0 Å². The van der Waals surface area contributed by atoms with Gasteiger partial charge in [0, 0.05) is 13.7 Å². The molecule has 4 rings (SSSR count). The molecule has 162 valence electrons. The Hall–Kier alpha value is -3.12. The van der Waals surface area contributed by atoms with Crippen molar-refractivity contribution in [1.29, 1.82) is 5.41 Å². The van der Waals surface area contributed by atoms with Crippen LogP contribution in [0.15, 0.2) is 48.7 Å². The molecule has 0 aliphatic carbocycles. The Balaban J connectivity index is 1.52. The van der Waals surface area contributed by atoms with Crippen molar-refractivity contribution in [1.82, 2.24) is 10.2 Å². The molecule has 31 heavy (non-hydrogen) atoms. The molecule has 0 saturated carbocycles. The van der Waals surface area contributed by atoms with E-state index in [1.54, 1.807) is 17.2 Å². The molecule has 6 heteroatoms. The highest BCUT2D eigenvalue weighted by atomic mass is 16.5. The lowest BCUT2D eigenvalue weighted by atomic mass is 9.95. The Kier molecular flexibility index (Phi) is 6.37. The van der Waals surface area contributed by atoms with Crippen LogP contribution >= 0.6 is 0 Å². The highest BCUT2D eigenvalue weighted by molar-refractivity contribution is 6.06. The quantitative estimate of drug-likeness (QED) is 0.701. The zero-order valence-corrected chi connectivity index (χ0v) is 18.1. The van der Waals surface area contributed by atoms with Crippen LogP contribution < -0.4 is 10.1 Å². The molecular weight excluding hydrogens is 390 g/mol. The average Bonchev–Trinajstić information content (AvgIpc) is 2.80. The summed E-state index contributed by atoms with van der Waals surface area (Å²) in [4.78, 5) is 15.0. The summed E-state index contributed by atoms with van der Waals surface area (Å²) in [6.45, 7) is 3.68. The SMILES string of the molecule is CN/C=C\C(=N)c1ccc(Cc2cc3c(cc2C)OCN(C2CCCOC2)C3=O)cc1. The molecular formula is C25H29N3O3. The molecule has 2 aromatic rings. The minimum atomic E-state index is 0.0260. The van der Waals surface area contributed by atoms with Crippen LogP contribution in [0, 0.1) is 12.3 Å². The van der Waals surface area contributed by atoms with Gasteiger partial charge in [0.05, 0.1) is 23.9 Å². The number of allylic oxidation sites excluding steroid dienone is 1. The number of nitrogens with zero attached hydrogens (tertiary/aromatic N) is 1. The molecule has 2 aliphatic rings. The fraction of sp³-hybridized carbons (Fsp3) is 0.360. The first-order valence-corrected chi connectivity index (χ1v) is 10.7. The molecule has 1 amide bonds. The van der Waals surface area contributed by atoms with Crippen LogP contribution in [0.3, 0.4) is 0 Å². The molecule has 2 aliphatic heterocycles. The molecule has 0 spiro atoms. The Morgan fingerprint density at radius 1 is 1.29 bits per heavy atom. The van der Waals surface area contributed by atoms with E-state index >= 15 is 0 Å². The number of hydrogen-bond acceptors (Lipinski definition) is 5. The largest absolute Gasteiger partial charge is 0.472 e. The lowest BCUT2D eigenvalue weighted by Crippen LogP contribution is -2.49. The molecule has 1 saturated heterocycles. The van der Waals surface area contributed by atoms with Crippen LogP contribution in [0.4, 0.5) is 0 Å². The number of nitrogens with one attached hydrogen (secondary N) is 2. The maximum absolute atomic E-state index is 13.2. The summed E-state index contributed by atoms with van der Waals surface area (Å²) in [6.07, 6.45) is 6.12. The fourth-order valence-electron chi connectivity index (χ4n) is 4.08. The summed E-state index contributed by atoms with van der Waals surface area (Å²) in [5.41, 5.74) is 5.31. The van der Waals surface area contributed by atoms with Gasteiger partial charge in [-0.15, -0.1) is 0 Å². The summed E-state index contributed by atoms with van der Waals surface area (Å²) in [6, 6.07) is 12.0. The summed E-state index contributed by atoms with van der Waals surface area (Å²) >= 11 is 0. The van der Waals surface area contributed by atoms with Gasteiger partial charge < -0.3 is 20.2 Å². The standard InChI is InChI=1S/C25H29N3O3/c1-17-12-24-22(25(29)28(16-31-24)21-4-3-11-30-15-21)14-20(17)13-18-5-7-19(8-6-18)23(26)9-10-27-2/h5-10,12,14,21,26-27H,3-4,11,13,15-16H2,1-2H3/b10-9-,26-23?. The Morgan fingerprint density at radius 2 is 2.10 bits per heavy atom. The normalized spacial score (nSPS) is 18.6. The molecule has 2 heterocycles. The number of benzene rings is 2. The van der Waals surface area contributed by atoms with Crippen molar-refractivity contribution in [2.75, 3.05) is 27.0 Å². The Labute approximate surface area is 183 Å². The predicted octanol–water partition coefficient (Wildman–Crippen LogP) is 3.66. The van der Waals surface area contributed by atoms with E-state index in [0.29, 0.717) is 23.6 Å². The topological polar surface area (TPSA) is 74.7 Å². The van der Waals surface area contributed by atoms with E-state index in [1.807, 2.05) is 43.4 Å². The van der Waals surface area contributed by atoms with Gasteiger partial charge in [0.15, 0.2) is 6.73 Å². The van der Waals surface area contributed by atoms with Crippen LogP contribution in [0.5, 0.6) is 5.75 Å². The van der Waals surface area contributed by atoms with Crippen LogP contribution in [-0.4, -0.2) is 49.6 Å². The molecule has 0 radical (unpaired) electrons. The van der Waals surface area contributed by atoms with Gasteiger partial charge in [0.1, 0.15) is 5.75 Å². The van der Waals surface area contributed by atoms with E-state index in [0.717, 1.165) is 48.1 Å². The van der Waals surface area contributed by atoms with Gasteiger partial charge in [0.25, 0.3) is 5.91 Å². The maximum atomic E-state index is 13.2. The van der Waals surface area contributed by atoms with Gasteiger partial charge in [0.2, 0.25) is 0 Å². The first-order valence-electron chi connectivity index (χ1n) is 10.7. The van der Waals surface area contributed by atoms with Crippen molar-refractivity contribution in [3.05, 3.63) is 76.5 Å². The van der Waals surface area contributed by atoms with Crippen molar-refractivity contribution >= 4 is 11.6 Å². The number of ether oxygens (including phenoxy) is 2. The average molecular weight is 420 g/mol. The maximum Gasteiger partial charge on any atom is 0.260 e. The molecule has 1 atom stereocenters. The van der Waals surface area contributed by atoms with Gasteiger partial charge >= 0.3 is 0 Å². The minimum Gasteiger partial charge on any atom is -0.472 e. The Bertz CT molecular complexity index is 992. The van der Waals surface area contributed by atoms with Gasteiger partial charge in [-0.3, -0.25) is 9.69 Å². The number of amides is 1. The molecule has 0 bridgehead atoms. The second-order valence-electron chi connectivity index (χ2n) is 8.10. The molecule has 2 N–H and O–H groups in total. The number of carbonyl (C=O) groups excluding carboxylic acids is 1. The number of hydrogen-bond donors (Lipinski definition) is 2. The second kappa shape index (κ2) is 9.35. The molecule has 0 aromatic heterocycles. The first-order chi connectivity index (χ1) is 15.1. The predicted molar refractivity (Wildman–Crippen MR) is 121 cm³/mol. The zero-order valence-electron chi connectivity index (χ0n) is 18.1. The summed E-state index contributed by atoms with van der Waals surface area (Å²) in [5.74, 6) is 0.692. The smallest absolute Gasteiger partial charge is 0.260 e. The van der Waals surface area contributed by atoms with Crippen molar-refractivity contribution in [3.8, 4) is 5.75 Å². The molecule has 6 nitrogen and oxygen atoms in total. The fourth-order valence-corrected chi connectivity index (χ4v) is 4.08. The lowest BCUT2D eigenvalue weighted by molar-refractivity contribution is -0.00993. The van der Waals surface area contributed by atoms with Crippen LogP contribution in [0.25, 0.3) is 0 Å². The summed E-state index contributed by atoms with van der Waals surface area (Å²) < 4.78 is 11.5. The van der Waals surface area contributed by atoms with Crippen molar-refractivity contribution in [3.63, 3.8) is 0 Å². The summed E-state index contributed by atoms with van der Waals surface area (Å²) in [7, 11) is 1.81. The van der Waals surface area contributed by atoms with E-state index in [9.17, 15) is 4.79 Å². The minimum absolute atomic E-state index is 0.0260. The van der Waals surface area contributed by atoms with Gasteiger partial charge in [-0.25, -0.2) is 0 Å². The van der Waals surface area contributed by atoms with Crippen molar-refractivity contribution < 1.29 is 14.3 Å². The second-order valence-corrected chi connectivity index (χ2v) is 8.10. The first kappa shape index (κ1) is 21.1. The highest BCUT2D eigenvalue weighted by Crippen LogP contribution is 2.31. The van der Waals surface area contributed by atoms with E-state index < -0.39 is 0 Å². The van der Waals surface area contributed by atoms with Gasteiger partial charge in [-0.1, -0.05) is 24.3 Å². The zero-order chi connectivity index (χ0) is 21.8. The third-order valence-electron chi connectivity index (χ3n) is 5.94. The van der Waals surface area contributed by atoms with Crippen LogP contribution in [0.1, 0.15) is 45.5 Å². The van der Waals surface area contributed by atoms with Gasteiger partial charge in [-0.05, 0) is 72.8 Å². The highest BCUT2D eigenvalue weighted by Gasteiger charge is 2.32. The lowest BCUT2D eigenvalue weighted by Gasteiger charge is -2.37. The van der Waals surface area contributed by atoms with Crippen LogP contribution in [-0.2, 0) is 11.2 Å². The Morgan fingerprint density at radius 3 is 2.81 bits per heavy atom. The number of fused-ring (bicyclic) bond motifs is 1. The third kappa shape index (κ3) is 4.64. The van der Waals surface area contributed by atoms with E-state index in [1.165, 1.54) is 0 Å². The summed E-state index contributed by atoms with van der Waals surface area (Å²) in [5, 5.41) is 11.0. The molecule has 1 unspecified atom stereocenters. The van der Waals surface area contributed by atoms with E-state index in [2.05, 4.69) is 12.2 Å². The number of aryl methyl sites for hydroxylation is 1. The van der Waals surface area contributed by atoms with Crippen LogP contribution in [0.2, 0.25) is 0 Å². The monoisotopic (exact) mass is 419 g/mol. The van der Waals surface area contributed by atoms with Crippen molar-refractivity contribution in [2.24, 2.45) is 0 Å². The molecule has 1 fully saturated rings.